The molecule has 0 amide bonds. The molecule has 1 aliphatic rings. The van der Waals surface area contributed by atoms with E-state index in [2.05, 4.69) is 10.1 Å². The second-order valence-electron chi connectivity index (χ2n) is 5.49. The van der Waals surface area contributed by atoms with Crippen molar-refractivity contribution in [3.05, 3.63) is 24.2 Å². The van der Waals surface area contributed by atoms with Gasteiger partial charge in [-0.25, -0.2) is 9.67 Å². The fraction of sp³-hybridized carbons (Fsp3) is 0.538. The first kappa shape index (κ1) is 15.0. The van der Waals surface area contributed by atoms with E-state index in [-0.39, 0.29) is 23.7 Å². The summed E-state index contributed by atoms with van der Waals surface area (Å²) in [6, 6.07) is 2.88. The Morgan fingerprint density at radius 2 is 2.23 bits per heavy atom. The summed E-state index contributed by atoms with van der Waals surface area (Å²) in [5, 5.41) is 3.97. The molecule has 1 aliphatic heterocycles. The van der Waals surface area contributed by atoms with E-state index in [4.69, 9.17) is 10.2 Å². The van der Waals surface area contributed by atoms with Gasteiger partial charge in [-0.3, -0.25) is 4.90 Å². The van der Waals surface area contributed by atoms with Crippen LogP contribution in [0.5, 0.6) is 0 Å². The molecule has 9 heteroatoms. The van der Waals surface area contributed by atoms with Gasteiger partial charge >= 0.3 is 6.18 Å². The van der Waals surface area contributed by atoms with Crippen molar-refractivity contribution in [2.75, 3.05) is 13.6 Å². The monoisotopic (exact) mass is 315 g/mol. The van der Waals surface area contributed by atoms with Crippen LogP contribution in [0.1, 0.15) is 18.3 Å². The molecule has 0 aromatic carbocycles. The van der Waals surface area contributed by atoms with Gasteiger partial charge in [-0.2, -0.15) is 13.2 Å². The van der Waals surface area contributed by atoms with Crippen LogP contribution in [0, 0.1) is 0 Å². The summed E-state index contributed by atoms with van der Waals surface area (Å²) >= 11 is 0. The number of hydrogen-bond donors (Lipinski definition) is 1. The van der Waals surface area contributed by atoms with Crippen LogP contribution < -0.4 is 5.73 Å². The van der Waals surface area contributed by atoms with Gasteiger partial charge in [0.1, 0.15) is 12.4 Å². The Balaban J connectivity index is 1.99. The Kier molecular flexibility index (Phi) is 3.69. The van der Waals surface area contributed by atoms with Crippen LogP contribution in [0.2, 0.25) is 0 Å². The summed E-state index contributed by atoms with van der Waals surface area (Å²) in [6.45, 7) is -0.574. The number of furan rings is 1. The highest BCUT2D eigenvalue weighted by Gasteiger charge is 2.36. The highest BCUT2D eigenvalue weighted by atomic mass is 19.4. The number of rotatable bonds is 3. The Morgan fingerprint density at radius 3 is 2.77 bits per heavy atom. The Bertz CT molecular complexity index is 637. The van der Waals surface area contributed by atoms with Crippen molar-refractivity contribution < 1.29 is 17.6 Å². The molecule has 0 saturated carbocycles. The molecular formula is C13H16F3N5O. The first-order chi connectivity index (χ1) is 10.3. The number of nitrogens with zero attached hydrogens (tertiary/aromatic N) is 4. The minimum absolute atomic E-state index is 0.0851. The van der Waals surface area contributed by atoms with E-state index < -0.39 is 12.7 Å². The van der Waals surface area contributed by atoms with E-state index in [0.717, 1.165) is 4.68 Å². The molecule has 3 heterocycles. The fourth-order valence-corrected chi connectivity index (χ4v) is 2.74. The van der Waals surface area contributed by atoms with Crippen LogP contribution in [-0.2, 0) is 6.54 Å². The third-order valence-corrected chi connectivity index (χ3v) is 3.65. The van der Waals surface area contributed by atoms with Crippen molar-refractivity contribution in [1.82, 2.24) is 19.7 Å². The molecule has 2 aromatic heterocycles. The second-order valence-corrected chi connectivity index (χ2v) is 5.49. The number of likely N-dealkylation sites (tertiary alicyclic amines) is 1. The van der Waals surface area contributed by atoms with Gasteiger partial charge in [-0.1, -0.05) is 0 Å². The normalized spacial score (nSPS) is 23.3. The largest absolute Gasteiger partial charge is 0.461 e. The van der Waals surface area contributed by atoms with Crippen LogP contribution >= 0.6 is 0 Å². The molecule has 1 fully saturated rings. The molecular weight excluding hydrogens is 299 g/mol. The third-order valence-electron chi connectivity index (χ3n) is 3.65. The molecule has 120 valence electrons. The Labute approximate surface area is 124 Å². The fourth-order valence-electron chi connectivity index (χ4n) is 2.74. The van der Waals surface area contributed by atoms with Crippen molar-refractivity contribution in [1.29, 1.82) is 0 Å². The molecule has 2 N–H and O–H groups in total. The molecule has 2 aromatic rings. The Morgan fingerprint density at radius 1 is 1.45 bits per heavy atom. The van der Waals surface area contributed by atoms with E-state index in [1.807, 2.05) is 11.9 Å². The smallest absolute Gasteiger partial charge is 0.408 e. The number of halogens is 3. The van der Waals surface area contributed by atoms with Gasteiger partial charge in [0.05, 0.1) is 12.3 Å². The first-order valence-corrected chi connectivity index (χ1v) is 6.84. The number of nitrogens with two attached hydrogens (primary N) is 1. The van der Waals surface area contributed by atoms with Crippen LogP contribution in [-0.4, -0.2) is 45.5 Å². The van der Waals surface area contributed by atoms with Crippen molar-refractivity contribution in [3.8, 4) is 11.6 Å². The highest BCUT2D eigenvalue weighted by molar-refractivity contribution is 5.45. The van der Waals surface area contributed by atoms with Crippen molar-refractivity contribution >= 4 is 0 Å². The molecule has 22 heavy (non-hydrogen) atoms. The standard InChI is InChI=1S/C13H16F3N5O/c1-20-6-8(17)5-9(20)12-18-11(10-3-2-4-22-10)19-21(12)7-13(14,15)16/h2-4,8-9H,5-7,17H2,1H3/t8-,9-/m0/s1. The van der Waals surface area contributed by atoms with Gasteiger partial charge in [0.2, 0.25) is 5.82 Å². The lowest BCUT2D eigenvalue weighted by Crippen LogP contribution is -2.26. The minimum Gasteiger partial charge on any atom is -0.461 e. The van der Waals surface area contributed by atoms with Gasteiger partial charge < -0.3 is 10.2 Å². The van der Waals surface area contributed by atoms with Crippen LogP contribution in [0.25, 0.3) is 11.6 Å². The predicted octanol–water partition coefficient (Wildman–Crippen LogP) is 1.80. The lowest BCUT2D eigenvalue weighted by Gasteiger charge is -2.19. The lowest BCUT2D eigenvalue weighted by molar-refractivity contribution is -0.143. The maximum Gasteiger partial charge on any atom is 0.408 e. The number of aromatic nitrogens is 3. The average Bonchev–Trinajstić information content (AvgIpc) is 3.07. The van der Waals surface area contributed by atoms with E-state index in [9.17, 15) is 13.2 Å². The topological polar surface area (TPSA) is 73.1 Å². The molecule has 1 saturated heterocycles. The maximum atomic E-state index is 12.8. The number of alkyl halides is 3. The molecule has 0 spiro atoms. The zero-order chi connectivity index (χ0) is 15.9. The third kappa shape index (κ3) is 3.00. The first-order valence-electron chi connectivity index (χ1n) is 6.84. The predicted molar refractivity (Wildman–Crippen MR) is 71.7 cm³/mol. The van der Waals surface area contributed by atoms with E-state index >= 15 is 0 Å². The van der Waals surface area contributed by atoms with Crippen LogP contribution in [0.3, 0.4) is 0 Å². The molecule has 0 unspecified atom stereocenters. The zero-order valence-corrected chi connectivity index (χ0v) is 11.9. The molecule has 0 bridgehead atoms. The second kappa shape index (κ2) is 5.40. The SMILES string of the molecule is CN1C[C@@H](N)C[C@H]1c1nc(-c2ccco2)nn1CC(F)(F)F. The van der Waals surface area contributed by atoms with Gasteiger partial charge in [0.25, 0.3) is 0 Å². The average molecular weight is 315 g/mol. The summed E-state index contributed by atoms with van der Waals surface area (Å²) < 4.78 is 44.4. The zero-order valence-electron chi connectivity index (χ0n) is 11.9. The number of likely N-dealkylation sites (N-methyl/N-ethyl adjacent to an activating group) is 1. The van der Waals surface area contributed by atoms with E-state index in [1.54, 1.807) is 12.1 Å². The maximum absolute atomic E-state index is 12.8. The summed E-state index contributed by atoms with van der Waals surface area (Å²) in [4.78, 5) is 6.16. The van der Waals surface area contributed by atoms with Gasteiger partial charge in [0, 0.05) is 12.6 Å². The molecule has 0 radical (unpaired) electrons. The summed E-state index contributed by atoms with van der Waals surface area (Å²) in [5.41, 5.74) is 5.89. The van der Waals surface area contributed by atoms with Crippen molar-refractivity contribution in [2.24, 2.45) is 5.73 Å². The van der Waals surface area contributed by atoms with Crippen LogP contribution in [0.15, 0.2) is 22.8 Å². The molecule has 3 rings (SSSR count). The number of hydrogen-bond acceptors (Lipinski definition) is 5. The van der Waals surface area contributed by atoms with Gasteiger partial charge in [-0.05, 0) is 25.6 Å². The summed E-state index contributed by atoms with van der Waals surface area (Å²) in [5.74, 6) is 0.754. The summed E-state index contributed by atoms with van der Waals surface area (Å²) in [7, 11) is 1.82. The van der Waals surface area contributed by atoms with E-state index in [0.29, 0.717) is 18.7 Å². The summed E-state index contributed by atoms with van der Waals surface area (Å²) in [6.07, 6.45) is -2.40. The Hall–Kier alpha value is -1.87. The molecule has 0 aliphatic carbocycles. The quantitative estimate of drug-likeness (QED) is 0.935. The minimum atomic E-state index is -4.37. The highest BCUT2D eigenvalue weighted by Crippen LogP contribution is 2.31. The van der Waals surface area contributed by atoms with Crippen molar-refractivity contribution in [3.63, 3.8) is 0 Å². The van der Waals surface area contributed by atoms with Gasteiger partial charge in [-0.15, -0.1) is 5.10 Å². The molecule has 6 nitrogen and oxygen atoms in total. The molecule has 2 atom stereocenters. The van der Waals surface area contributed by atoms with E-state index in [1.165, 1.54) is 6.26 Å². The van der Waals surface area contributed by atoms with Gasteiger partial charge in [0.15, 0.2) is 5.76 Å². The van der Waals surface area contributed by atoms with Crippen molar-refractivity contribution in [2.45, 2.75) is 31.2 Å². The lowest BCUT2D eigenvalue weighted by atomic mass is 10.1. The van der Waals surface area contributed by atoms with Crippen LogP contribution in [0.4, 0.5) is 13.2 Å².